The monoisotopic (exact) mass is 177 g/mol. The molecule has 12 heavy (non-hydrogen) atoms. The molecule has 0 saturated heterocycles. The second-order valence-electron chi connectivity index (χ2n) is 3.99. The van der Waals surface area contributed by atoms with E-state index in [1.54, 1.807) is 10.4 Å². The van der Waals surface area contributed by atoms with E-state index >= 15 is 0 Å². The Morgan fingerprint density at radius 1 is 1.42 bits per heavy atom. The molecule has 1 heterocycles. The molecule has 0 N–H and O–H groups in total. The second kappa shape index (κ2) is 2.35. The van der Waals surface area contributed by atoms with Gasteiger partial charge >= 0.3 is 0 Å². The van der Waals surface area contributed by atoms with Crippen LogP contribution in [-0.4, -0.2) is 0 Å². The van der Waals surface area contributed by atoms with Gasteiger partial charge in [0, 0.05) is 4.88 Å². The Hall–Kier alpha value is -0.300. The zero-order valence-corrected chi connectivity index (χ0v) is 7.99. The molecule has 2 unspecified atom stereocenters. The molecule has 2 bridgehead atoms. The van der Waals surface area contributed by atoms with Gasteiger partial charge < -0.3 is 6.92 Å². The van der Waals surface area contributed by atoms with Crippen LogP contribution in [0.3, 0.4) is 0 Å². The van der Waals surface area contributed by atoms with Crippen molar-refractivity contribution >= 4 is 11.3 Å². The number of rotatable bonds is 1. The molecule has 2 atom stereocenters. The maximum Gasteiger partial charge on any atom is 0.0113 e. The van der Waals surface area contributed by atoms with Gasteiger partial charge in [0.05, 0.1) is 0 Å². The first kappa shape index (κ1) is 7.14. The lowest BCUT2D eigenvalue weighted by Gasteiger charge is -2.07. The van der Waals surface area contributed by atoms with Crippen LogP contribution in [0.15, 0.2) is 6.07 Å². The Balaban J connectivity index is 2.10. The summed E-state index contributed by atoms with van der Waals surface area (Å²) < 4.78 is 0. The van der Waals surface area contributed by atoms with Crippen molar-refractivity contribution in [3.8, 4) is 0 Å². The highest BCUT2D eigenvalue weighted by atomic mass is 32.1. The minimum absolute atomic E-state index is 0.932. The highest BCUT2D eigenvalue weighted by Crippen LogP contribution is 2.55. The van der Waals surface area contributed by atoms with E-state index in [1.807, 2.05) is 11.3 Å². The molecule has 64 valence electrons. The smallest absolute Gasteiger partial charge is 0.0113 e. The summed E-state index contributed by atoms with van der Waals surface area (Å²) in [7, 11) is 0. The largest absolute Gasteiger partial charge is 0.338 e. The average Bonchev–Trinajstić information content (AvgIpc) is 2.75. The maximum absolute atomic E-state index is 3.95. The molecule has 0 radical (unpaired) electrons. The van der Waals surface area contributed by atoms with Gasteiger partial charge in [-0.2, -0.15) is 0 Å². The maximum atomic E-state index is 3.95. The summed E-state index contributed by atoms with van der Waals surface area (Å²) in [4.78, 5) is 3.21. The second-order valence-corrected chi connectivity index (χ2v) is 5.16. The minimum atomic E-state index is 0.932. The van der Waals surface area contributed by atoms with Crippen molar-refractivity contribution in [3.05, 3.63) is 28.3 Å². The summed E-state index contributed by atoms with van der Waals surface area (Å²) in [6, 6.07) is 2.41. The molecule has 2 aliphatic rings. The SMILES string of the molecule is [CH2-]Cc1cc2c(s1)C1CCC2C1. The van der Waals surface area contributed by atoms with Gasteiger partial charge in [-0.25, -0.2) is 0 Å². The fraction of sp³-hybridized carbons (Fsp3) is 0.545. The lowest BCUT2D eigenvalue weighted by Crippen LogP contribution is -1.91. The topological polar surface area (TPSA) is 0 Å². The standard InChI is InChI=1S/C11H13S/c1-2-9-6-10-7-3-4-8(5-7)11(10)12-9/h6-8H,1-5H2/q-1. The van der Waals surface area contributed by atoms with Gasteiger partial charge in [-0.1, -0.05) is 0 Å². The van der Waals surface area contributed by atoms with Gasteiger partial charge in [0.25, 0.3) is 0 Å². The van der Waals surface area contributed by atoms with E-state index in [9.17, 15) is 0 Å². The van der Waals surface area contributed by atoms with E-state index < -0.39 is 0 Å². The van der Waals surface area contributed by atoms with Gasteiger partial charge in [0.2, 0.25) is 0 Å². The van der Waals surface area contributed by atoms with Crippen LogP contribution < -0.4 is 0 Å². The van der Waals surface area contributed by atoms with Gasteiger partial charge in [-0.15, -0.1) is 17.8 Å². The van der Waals surface area contributed by atoms with Gasteiger partial charge in [-0.3, -0.25) is 0 Å². The summed E-state index contributed by atoms with van der Waals surface area (Å²) in [5, 5.41) is 0. The Labute approximate surface area is 77.6 Å². The third-order valence-electron chi connectivity index (χ3n) is 3.33. The Morgan fingerprint density at radius 2 is 2.25 bits per heavy atom. The molecular weight excluding hydrogens is 164 g/mol. The van der Waals surface area contributed by atoms with E-state index in [2.05, 4.69) is 13.0 Å². The molecule has 0 aliphatic heterocycles. The van der Waals surface area contributed by atoms with Crippen LogP contribution in [0.25, 0.3) is 0 Å². The van der Waals surface area contributed by atoms with Gasteiger partial charge in [0.1, 0.15) is 0 Å². The fourth-order valence-electron chi connectivity index (χ4n) is 2.74. The van der Waals surface area contributed by atoms with Gasteiger partial charge in [-0.05, 0) is 47.6 Å². The molecule has 0 spiro atoms. The molecule has 0 aromatic carbocycles. The predicted molar refractivity (Wildman–Crippen MR) is 52.7 cm³/mol. The van der Waals surface area contributed by atoms with E-state index in [0.29, 0.717) is 0 Å². The van der Waals surface area contributed by atoms with Crippen LogP contribution >= 0.6 is 11.3 Å². The first-order chi connectivity index (χ1) is 5.88. The lowest BCUT2D eigenvalue weighted by atomic mass is 9.99. The van der Waals surface area contributed by atoms with Gasteiger partial charge in [0.15, 0.2) is 0 Å². The van der Waals surface area contributed by atoms with E-state index in [1.165, 1.54) is 24.1 Å². The van der Waals surface area contributed by atoms with Crippen molar-refractivity contribution in [1.82, 2.24) is 0 Å². The normalized spacial score (nSPS) is 31.1. The molecule has 1 aromatic rings. The molecular formula is C11H13S-. The number of hydrogen-bond acceptors (Lipinski definition) is 1. The Kier molecular flexibility index (Phi) is 1.40. The first-order valence-electron chi connectivity index (χ1n) is 4.80. The van der Waals surface area contributed by atoms with Crippen molar-refractivity contribution in [1.29, 1.82) is 0 Å². The van der Waals surface area contributed by atoms with Crippen molar-refractivity contribution in [2.24, 2.45) is 0 Å². The highest BCUT2D eigenvalue weighted by Gasteiger charge is 2.38. The van der Waals surface area contributed by atoms with E-state index in [-0.39, 0.29) is 0 Å². The fourth-order valence-corrected chi connectivity index (χ4v) is 4.03. The summed E-state index contributed by atoms with van der Waals surface area (Å²) in [5.41, 5.74) is 1.69. The zero-order valence-electron chi connectivity index (χ0n) is 7.18. The van der Waals surface area contributed by atoms with Crippen molar-refractivity contribution < 1.29 is 0 Å². The van der Waals surface area contributed by atoms with E-state index in [4.69, 9.17) is 0 Å². The van der Waals surface area contributed by atoms with Crippen molar-refractivity contribution in [2.45, 2.75) is 37.5 Å². The average molecular weight is 177 g/mol. The summed E-state index contributed by atoms with van der Waals surface area (Å²) in [6.45, 7) is 3.95. The van der Waals surface area contributed by atoms with Crippen molar-refractivity contribution in [3.63, 3.8) is 0 Å². The highest BCUT2D eigenvalue weighted by molar-refractivity contribution is 7.12. The summed E-state index contributed by atoms with van der Waals surface area (Å²) >= 11 is 2.02. The molecule has 1 saturated carbocycles. The lowest BCUT2D eigenvalue weighted by molar-refractivity contribution is 0.728. The van der Waals surface area contributed by atoms with Crippen molar-refractivity contribution in [2.75, 3.05) is 0 Å². The number of hydrogen-bond donors (Lipinski definition) is 0. The zero-order chi connectivity index (χ0) is 8.13. The Bertz CT molecular complexity index is 283. The molecule has 1 fully saturated rings. The van der Waals surface area contributed by atoms with E-state index in [0.717, 1.165) is 18.3 Å². The van der Waals surface area contributed by atoms with Crippen LogP contribution in [0.1, 0.15) is 46.4 Å². The predicted octanol–water partition coefficient (Wildman–Crippen LogP) is 3.49. The molecule has 2 aliphatic carbocycles. The van der Waals surface area contributed by atoms with Crippen LogP contribution in [-0.2, 0) is 6.42 Å². The summed E-state index contributed by atoms with van der Waals surface area (Å²) in [6.07, 6.45) is 5.34. The molecule has 0 amide bonds. The van der Waals surface area contributed by atoms with Crippen LogP contribution in [0, 0.1) is 6.92 Å². The molecule has 3 rings (SSSR count). The minimum Gasteiger partial charge on any atom is -0.338 e. The van der Waals surface area contributed by atoms with Crippen LogP contribution in [0.5, 0.6) is 0 Å². The number of thiophene rings is 1. The Morgan fingerprint density at radius 3 is 3.00 bits per heavy atom. The first-order valence-corrected chi connectivity index (χ1v) is 5.62. The van der Waals surface area contributed by atoms with Crippen LogP contribution in [0.2, 0.25) is 0 Å². The van der Waals surface area contributed by atoms with Crippen LogP contribution in [0.4, 0.5) is 0 Å². The molecule has 1 heteroatoms. The third kappa shape index (κ3) is 0.779. The molecule has 0 nitrogen and oxygen atoms in total. The number of fused-ring (bicyclic) bond motifs is 5. The molecule has 1 aromatic heterocycles. The summed E-state index contributed by atoms with van der Waals surface area (Å²) in [5.74, 6) is 1.87. The quantitative estimate of drug-likeness (QED) is 0.576. The third-order valence-corrected chi connectivity index (χ3v) is 4.70.